The van der Waals surface area contributed by atoms with Gasteiger partial charge in [0.15, 0.2) is 0 Å². The second-order valence-corrected chi connectivity index (χ2v) is 8.99. The maximum atomic E-state index is 12.8. The zero-order valence-corrected chi connectivity index (χ0v) is 18.0. The lowest BCUT2D eigenvalue weighted by Gasteiger charge is -2.32. The van der Waals surface area contributed by atoms with Crippen LogP contribution in [0.15, 0.2) is 36.5 Å². The van der Waals surface area contributed by atoms with Crippen molar-refractivity contribution in [1.82, 2.24) is 20.0 Å². The van der Waals surface area contributed by atoms with Crippen LogP contribution >= 0.6 is 0 Å². The number of nitrogens with two attached hydrogens (primary N) is 1. The smallest absolute Gasteiger partial charge is 0.243 e. The van der Waals surface area contributed by atoms with Crippen LogP contribution in [0.4, 0.5) is 0 Å². The molecule has 8 heteroatoms. The third kappa shape index (κ3) is 4.71. The highest BCUT2D eigenvalue weighted by Gasteiger charge is 2.42. The average Bonchev–Trinajstić information content (AvgIpc) is 3.30. The van der Waals surface area contributed by atoms with E-state index in [2.05, 4.69) is 10.4 Å². The van der Waals surface area contributed by atoms with Crippen molar-refractivity contribution in [3.8, 4) is 11.3 Å². The maximum Gasteiger partial charge on any atom is 0.243 e. The largest absolute Gasteiger partial charge is 0.391 e. The number of likely N-dealkylation sites (tertiary alicyclic amines) is 1. The number of rotatable bonds is 5. The molecule has 0 unspecified atom stereocenters. The number of carbonyl (C=O) groups is 2. The Morgan fingerprint density at radius 1 is 1.27 bits per heavy atom. The summed E-state index contributed by atoms with van der Waals surface area (Å²) in [5, 5.41) is 17.1. The van der Waals surface area contributed by atoms with Crippen LogP contribution < -0.4 is 11.1 Å². The van der Waals surface area contributed by atoms with Crippen LogP contribution in [0.1, 0.15) is 32.8 Å². The van der Waals surface area contributed by atoms with Gasteiger partial charge in [-0.25, -0.2) is 0 Å². The molecule has 1 fully saturated rings. The van der Waals surface area contributed by atoms with Crippen molar-refractivity contribution in [3.05, 3.63) is 42.1 Å². The van der Waals surface area contributed by atoms with Crippen molar-refractivity contribution in [2.75, 3.05) is 6.54 Å². The summed E-state index contributed by atoms with van der Waals surface area (Å²) in [6.45, 7) is 6.11. The number of aliphatic hydroxyl groups is 1. The number of hydrogen-bond acceptors (Lipinski definition) is 5. The molecule has 162 valence electrons. The summed E-state index contributed by atoms with van der Waals surface area (Å²) in [4.78, 5) is 27.0. The third-order valence-corrected chi connectivity index (χ3v) is 5.60. The van der Waals surface area contributed by atoms with Gasteiger partial charge in [0.1, 0.15) is 6.04 Å². The molecule has 1 aliphatic heterocycles. The first-order valence-electron chi connectivity index (χ1n) is 10.2. The molecule has 1 aliphatic rings. The van der Waals surface area contributed by atoms with Crippen LogP contribution in [0.25, 0.3) is 11.3 Å². The van der Waals surface area contributed by atoms with E-state index < -0.39 is 23.6 Å². The van der Waals surface area contributed by atoms with E-state index >= 15 is 0 Å². The van der Waals surface area contributed by atoms with Crippen LogP contribution in [0, 0.1) is 5.41 Å². The zero-order chi connectivity index (χ0) is 22.1. The molecule has 0 saturated carbocycles. The van der Waals surface area contributed by atoms with E-state index in [-0.39, 0.29) is 24.8 Å². The van der Waals surface area contributed by atoms with E-state index in [0.29, 0.717) is 6.54 Å². The Kier molecular flexibility index (Phi) is 6.28. The molecule has 1 aromatic carbocycles. The Morgan fingerprint density at radius 2 is 1.93 bits per heavy atom. The van der Waals surface area contributed by atoms with Crippen LogP contribution in [0.3, 0.4) is 0 Å². The van der Waals surface area contributed by atoms with Crippen LogP contribution in [0.2, 0.25) is 0 Å². The fourth-order valence-electron chi connectivity index (χ4n) is 3.61. The van der Waals surface area contributed by atoms with Gasteiger partial charge < -0.3 is 21.1 Å². The van der Waals surface area contributed by atoms with Gasteiger partial charge in [0.05, 0.1) is 17.8 Å². The molecule has 2 aromatic rings. The number of nitrogens with zero attached hydrogens (tertiary/aromatic N) is 3. The molecular formula is C22H31N5O3. The van der Waals surface area contributed by atoms with Crippen molar-refractivity contribution in [2.45, 2.75) is 51.9 Å². The van der Waals surface area contributed by atoms with E-state index in [9.17, 15) is 14.7 Å². The van der Waals surface area contributed by atoms with Gasteiger partial charge >= 0.3 is 0 Å². The number of β-amino-alcohol motifs (C(OH)–C–C–N with tert-alkyl or cyclic N) is 1. The number of amides is 2. The third-order valence-electron chi connectivity index (χ3n) is 5.60. The molecule has 2 heterocycles. The minimum absolute atomic E-state index is 0.125. The molecule has 0 radical (unpaired) electrons. The Balaban J connectivity index is 1.63. The lowest BCUT2D eigenvalue weighted by Crippen LogP contribution is -2.54. The Bertz CT molecular complexity index is 900. The lowest BCUT2D eigenvalue weighted by molar-refractivity contribution is -0.141. The first-order valence-corrected chi connectivity index (χ1v) is 10.2. The van der Waals surface area contributed by atoms with E-state index in [1.54, 1.807) is 10.9 Å². The minimum atomic E-state index is -0.738. The molecule has 2 amide bonds. The summed E-state index contributed by atoms with van der Waals surface area (Å²) < 4.78 is 1.80. The summed E-state index contributed by atoms with van der Waals surface area (Å²) >= 11 is 0. The quantitative estimate of drug-likeness (QED) is 0.678. The number of nitrogens with one attached hydrogen (secondary N) is 1. The van der Waals surface area contributed by atoms with Gasteiger partial charge in [-0.15, -0.1) is 0 Å². The molecule has 8 nitrogen and oxygen atoms in total. The first-order chi connectivity index (χ1) is 14.1. The van der Waals surface area contributed by atoms with Crippen LogP contribution in [0.5, 0.6) is 0 Å². The van der Waals surface area contributed by atoms with Gasteiger partial charge in [-0.3, -0.25) is 14.3 Å². The number of aromatic nitrogens is 2. The van der Waals surface area contributed by atoms with Crippen molar-refractivity contribution in [1.29, 1.82) is 0 Å². The van der Waals surface area contributed by atoms with Crippen molar-refractivity contribution in [2.24, 2.45) is 18.2 Å². The maximum absolute atomic E-state index is 12.8. The van der Waals surface area contributed by atoms with Crippen molar-refractivity contribution >= 4 is 11.8 Å². The molecule has 1 aromatic heterocycles. The van der Waals surface area contributed by atoms with Gasteiger partial charge in [-0.2, -0.15) is 5.10 Å². The Labute approximate surface area is 177 Å². The van der Waals surface area contributed by atoms with Gasteiger partial charge in [-0.05, 0) is 22.6 Å². The number of aryl methyl sites for hydroxylation is 1. The highest BCUT2D eigenvalue weighted by atomic mass is 16.3. The topological polar surface area (TPSA) is 113 Å². The number of carbonyl (C=O) groups excluding carboxylic acids is 2. The molecule has 3 atom stereocenters. The van der Waals surface area contributed by atoms with Gasteiger partial charge in [0.25, 0.3) is 0 Å². The van der Waals surface area contributed by atoms with E-state index in [4.69, 9.17) is 5.73 Å². The number of aliphatic hydroxyl groups excluding tert-OH is 1. The SMILES string of the molecule is Cn1nccc1-c1ccc(CNC(=O)[C@@H]2C[C@@H](O)CN2C(=O)[C@@H](N)C(C)(C)C)cc1. The normalized spacial score (nSPS) is 20.3. The summed E-state index contributed by atoms with van der Waals surface area (Å²) in [6.07, 6.45) is 1.24. The zero-order valence-electron chi connectivity index (χ0n) is 18.0. The summed E-state index contributed by atoms with van der Waals surface area (Å²) in [6, 6.07) is 8.35. The second kappa shape index (κ2) is 8.57. The van der Waals surface area contributed by atoms with E-state index in [1.807, 2.05) is 58.2 Å². The summed E-state index contributed by atoms with van der Waals surface area (Å²) in [5.74, 6) is -0.587. The predicted molar refractivity (Wildman–Crippen MR) is 114 cm³/mol. The van der Waals surface area contributed by atoms with Crippen molar-refractivity contribution < 1.29 is 14.7 Å². The first kappa shape index (κ1) is 22.0. The van der Waals surface area contributed by atoms with Crippen LogP contribution in [-0.2, 0) is 23.2 Å². The Hall–Kier alpha value is -2.71. The van der Waals surface area contributed by atoms with Crippen molar-refractivity contribution in [3.63, 3.8) is 0 Å². The monoisotopic (exact) mass is 413 g/mol. The van der Waals surface area contributed by atoms with Gasteiger partial charge in [0, 0.05) is 32.8 Å². The fourth-order valence-corrected chi connectivity index (χ4v) is 3.61. The average molecular weight is 414 g/mol. The number of benzene rings is 1. The molecule has 0 spiro atoms. The lowest BCUT2D eigenvalue weighted by atomic mass is 9.86. The van der Waals surface area contributed by atoms with Gasteiger partial charge in [-0.1, -0.05) is 45.0 Å². The second-order valence-electron chi connectivity index (χ2n) is 8.99. The Morgan fingerprint density at radius 3 is 2.50 bits per heavy atom. The molecule has 4 N–H and O–H groups in total. The standard InChI is InChI=1S/C22H31N5O3/c1-22(2,3)19(23)21(30)27-13-16(28)11-18(27)20(29)24-12-14-5-7-15(8-6-14)17-9-10-25-26(17)4/h5-10,16,18-19,28H,11-13,23H2,1-4H3,(H,24,29)/t16-,18+,19-/m1/s1. The molecule has 3 rings (SSSR count). The highest BCUT2D eigenvalue weighted by molar-refractivity contribution is 5.90. The highest BCUT2D eigenvalue weighted by Crippen LogP contribution is 2.25. The summed E-state index contributed by atoms with van der Waals surface area (Å²) in [7, 11) is 1.89. The summed E-state index contributed by atoms with van der Waals surface area (Å²) in [5.41, 5.74) is 8.66. The molecule has 1 saturated heterocycles. The number of hydrogen-bond donors (Lipinski definition) is 3. The fraction of sp³-hybridized carbons (Fsp3) is 0.500. The van der Waals surface area contributed by atoms with E-state index in [1.165, 1.54) is 4.90 Å². The minimum Gasteiger partial charge on any atom is -0.391 e. The molecule has 0 bridgehead atoms. The van der Waals surface area contributed by atoms with Crippen LogP contribution in [-0.4, -0.2) is 56.3 Å². The predicted octanol–water partition coefficient (Wildman–Crippen LogP) is 1.04. The van der Waals surface area contributed by atoms with E-state index in [0.717, 1.165) is 16.8 Å². The molecule has 30 heavy (non-hydrogen) atoms. The molecular weight excluding hydrogens is 382 g/mol. The van der Waals surface area contributed by atoms with Gasteiger partial charge in [0.2, 0.25) is 11.8 Å². The molecule has 0 aliphatic carbocycles.